The minimum absolute atomic E-state index is 0.0345. The second-order valence-corrected chi connectivity index (χ2v) is 5.27. The third-order valence-corrected chi connectivity index (χ3v) is 3.57. The summed E-state index contributed by atoms with van der Waals surface area (Å²) >= 11 is 0. The molecule has 1 aliphatic heterocycles. The number of hydrogen-bond acceptors (Lipinski definition) is 2. The van der Waals surface area contributed by atoms with Gasteiger partial charge in [0, 0.05) is 19.0 Å². The highest BCUT2D eigenvalue weighted by molar-refractivity contribution is 5.77. The monoisotopic (exact) mass is 264 g/mol. The Hall–Kier alpha value is -1.42. The number of halogens is 1. The number of carbonyl (C=O) groups is 1. The van der Waals surface area contributed by atoms with Crippen LogP contribution >= 0.6 is 0 Å². The molecule has 1 amide bonds. The molecule has 1 fully saturated rings. The predicted octanol–water partition coefficient (Wildman–Crippen LogP) is 2.19. The van der Waals surface area contributed by atoms with Crippen LogP contribution in [-0.2, 0) is 4.79 Å². The predicted molar refractivity (Wildman–Crippen MR) is 73.5 cm³/mol. The molecule has 2 atom stereocenters. The van der Waals surface area contributed by atoms with Gasteiger partial charge < -0.3 is 10.6 Å². The second kappa shape index (κ2) is 6.66. The van der Waals surface area contributed by atoms with E-state index in [0.29, 0.717) is 6.42 Å². The van der Waals surface area contributed by atoms with Gasteiger partial charge in [0.2, 0.25) is 5.91 Å². The molecule has 0 saturated carbocycles. The Morgan fingerprint density at radius 1 is 1.58 bits per heavy atom. The molecular weight excluding hydrogens is 243 g/mol. The van der Waals surface area contributed by atoms with E-state index in [2.05, 4.69) is 10.6 Å². The van der Waals surface area contributed by atoms with E-state index in [0.717, 1.165) is 31.5 Å². The van der Waals surface area contributed by atoms with Crippen LogP contribution in [0, 0.1) is 5.82 Å². The fraction of sp³-hybridized carbons (Fsp3) is 0.533. The van der Waals surface area contributed by atoms with Crippen LogP contribution in [0.5, 0.6) is 0 Å². The van der Waals surface area contributed by atoms with Gasteiger partial charge in [0.1, 0.15) is 5.82 Å². The maximum absolute atomic E-state index is 13.1. The molecule has 4 heteroatoms. The van der Waals surface area contributed by atoms with E-state index in [1.54, 1.807) is 6.07 Å². The van der Waals surface area contributed by atoms with Crippen LogP contribution in [0.4, 0.5) is 4.39 Å². The molecule has 19 heavy (non-hydrogen) atoms. The number of carbonyl (C=O) groups excluding carboxylic acids is 1. The van der Waals surface area contributed by atoms with Crippen LogP contribution < -0.4 is 10.6 Å². The molecule has 0 radical (unpaired) electrons. The fourth-order valence-electron chi connectivity index (χ4n) is 2.47. The zero-order valence-electron chi connectivity index (χ0n) is 11.3. The van der Waals surface area contributed by atoms with Gasteiger partial charge in [0.25, 0.3) is 0 Å². The summed E-state index contributed by atoms with van der Waals surface area (Å²) in [7, 11) is 0. The highest BCUT2D eigenvalue weighted by Crippen LogP contribution is 2.19. The average Bonchev–Trinajstić information content (AvgIpc) is 2.39. The topological polar surface area (TPSA) is 41.1 Å². The van der Waals surface area contributed by atoms with Crippen molar-refractivity contribution in [1.29, 1.82) is 0 Å². The third-order valence-electron chi connectivity index (χ3n) is 3.57. The van der Waals surface area contributed by atoms with Gasteiger partial charge in [0.15, 0.2) is 0 Å². The van der Waals surface area contributed by atoms with E-state index in [9.17, 15) is 9.18 Å². The molecule has 0 spiro atoms. The van der Waals surface area contributed by atoms with Crippen molar-refractivity contribution in [1.82, 2.24) is 10.6 Å². The molecule has 3 nitrogen and oxygen atoms in total. The normalized spacial score (nSPS) is 20.8. The summed E-state index contributed by atoms with van der Waals surface area (Å²) in [5, 5.41) is 6.31. The highest BCUT2D eigenvalue weighted by Gasteiger charge is 2.17. The Bertz CT molecular complexity index is 430. The lowest BCUT2D eigenvalue weighted by molar-refractivity contribution is -0.122. The van der Waals surface area contributed by atoms with Crippen molar-refractivity contribution < 1.29 is 9.18 Å². The van der Waals surface area contributed by atoms with Crippen molar-refractivity contribution in [2.45, 2.75) is 38.1 Å². The van der Waals surface area contributed by atoms with Crippen LogP contribution in [0.25, 0.3) is 0 Å². The molecule has 0 aliphatic carbocycles. The Kier molecular flexibility index (Phi) is 4.91. The Morgan fingerprint density at radius 2 is 2.42 bits per heavy atom. The molecule has 1 aromatic rings. The first-order chi connectivity index (χ1) is 9.15. The van der Waals surface area contributed by atoms with Gasteiger partial charge in [-0.1, -0.05) is 19.1 Å². The standard InChI is InChI=1S/C15H21FN2O/c1-11(12-4-2-5-13(16)9-12)8-15(19)18-14-6-3-7-17-10-14/h2,4-5,9,11,14,17H,3,6-8,10H2,1H3,(H,18,19). The van der Waals surface area contributed by atoms with E-state index in [-0.39, 0.29) is 23.7 Å². The van der Waals surface area contributed by atoms with Crippen molar-refractivity contribution in [3.63, 3.8) is 0 Å². The van der Waals surface area contributed by atoms with Gasteiger partial charge in [0.05, 0.1) is 0 Å². The van der Waals surface area contributed by atoms with Gasteiger partial charge in [-0.05, 0) is 43.0 Å². The largest absolute Gasteiger partial charge is 0.352 e. The molecule has 0 bridgehead atoms. The van der Waals surface area contributed by atoms with Gasteiger partial charge in [-0.2, -0.15) is 0 Å². The zero-order chi connectivity index (χ0) is 13.7. The number of hydrogen-bond donors (Lipinski definition) is 2. The number of amides is 1. The van der Waals surface area contributed by atoms with Crippen molar-refractivity contribution in [3.05, 3.63) is 35.6 Å². The second-order valence-electron chi connectivity index (χ2n) is 5.27. The molecule has 2 unspecified atom stereocenters. The van der Waals surface area contributed by atoms with Gasteiger partial charge in [-0.25, -0.2) is 4.39 Å². The van der Waals surface area contributed by atoms with Crippen LogP contribution in [0.1, 0.15) is 37.7 Å². The smallest absolute Gasteiger partial charge is 0.220 e. The van der Waals surface area contributed by atoms with Crippen LogP contribution in [-0.4, -0.2) is 25.0 Å². The van der Waals surface area contributed by atoms with E-state index in [1.165, 1.54) is 12.1 Å². The first kappa shape index (κ1) is 14.0. The Morgan fingerprint density at radius 3 is 3.11 bits per heavy atom. The minimum atomic E-state index is -0.249. The molecule has 0 aromatic heterocycles. The zero-order valence-corrected chi connectivity index (χ0v) is 11.3. The van der Waals surface area contributed by atoms with Gasteiger partial charge in [-0.3, -0.25) is 4.79 Å². The van der Waals surface area contributed by atoms with Crippen molar-refractivity contribution in [2.24, 2.45) is 0 Å². The van der Waals surface area contributed by atoms with Crippen LogP contribution in [0.2, 0.25) is 0 Å². The Balaban J connectivity index is 1.84. The van der Waals surface area contributed by atoms with E-state index in [1.807, 2.05) is 13.0 Å². The number of nitrogens with one attached hydrogen (secondary N) is 2. The summed E-state index contributed by atoms with van der Waals surface area (Å²) in [6.07, 6.45) is 2.54. The molecule has 1 aliphatic rings. The molecule has 104 valence electrons. The van der Waals surface area contributed by atoms with E-state index < -0.39 is 0 Å². The minimum Gasteiger partial charge on any atom is -0.352 e. The quantitative estimate of drug-likeness (QED) is 0.875. The summed E-state index contributed by atoms with van der Waals surface area (Å²) in [6.45, 7) is 3.83. The van der Waals surface area contributed by atoms with Gasteiger partial charge >= 0.3 is 0 Å². The molecular formula is C15H21FN2O. The lowest BCUT2D eigenvalue weighted by atomic mass is 9.97. The fourth-order valence-corrected chi connectivity index (χ4v) is 2.47. The number of rotatable bonds is 4. The number of benzene rings is 1. The van der Waals surface area contributed by atoms with Crippen molar-refractivity contribution in [2.75, 3.05) is 13.1 Å². The number of piperidine rings is 1. The summed E-state index contributed by atoms with van der Waals surface area (Å²) in [5.41, 5.74) is 0.872. The summed E-state index contributed by atoms with van der Waals surface area (Å²) in [6, 6.07) is 6.71. The average molecular weight is 264 g/mol. The summed E-state index contributed by atoms with van der Waals surface area (Å²) < 4.78 is 13.1. The summed E-state index contributed by atoms with van der Waals surface area (Å²) in [5.74, 6) is -0.168. The third kappa shape index (κ3) is 4.31. The SMILES string of the molecule is CC(CC(=O)NC1CCCNC1)c1cccc(F)c1. The lowest BCUT2D eigenvalue weighted by Crippen LogP contribution is -2.45. The maximum atomic E-state index is 13.1. The van der Waals surface area contributed by atoms with Crippen LogP contribution in [0.15, 0.2) is 24.3 Å². The maximum Gasteiger partial charge on any atom is 0.220 e. The van der Waals surface area contributed by atoms with E-state index >= 15 is 0 Å². The summed E-state index contributed by atoms with van der Waals surface area (Å²) in [4.78, 5) is 11.9. The van der Waals surface area contributed by atoms with Crippen molar-refractivity contribution >= 4 is 5.91 Å². The van der Waals surface area contributed by atoms with Crippen molar-refractivity contribution in [3.8, 4) is 0 Å². The molecule has 1 aromatic carbocycles. The molecule has 2 rings (SSSR count). The lowest BCUT2D eigenvalue weighted by Gasteiger charge is -2.24. The molecule has 2 N–H and O–H groups in total. The Labute approximate surface area is 113 Å². The van der Waals surface area contributed by atoms with E-state index in [4.69, 9.17) is 0 Å². The first-order valence-electron chi connectivity index (χ1n) is 6.90. The molecule has 1 heterocycles. The highest BCUT2D eigenvalue weighted by atomic mass is 19.1. The first-order valence-corrected chi connectivity index (χ1v) is 6.90. The van der Waals surface area contributed by atoms with Gasteiger partial charge in [-0.15, -0.1) is 0 Å². The van der Waals surface area contributed by atoms with Crippen LogP contribution in [0.3, 0.4) is 0 Å². The molecule has 1 saturated heterocycles.